The van der Waals surface area contributed by atoms with E-state index in [9.17, 15) is 14.0 Å². The molecule has 1 fully saturated rings. The summed E-state index contributed by atoms with van der Waals surface area (Å²) in [7, 11) is 0. The Balaban J connectivity index is 1.77. The Morgan fingerprint density at radius 3 is 2.72 bits per heavy atom. The van der Waals surface area contributed by atoms with Crippen molar-refractivity contribution < 1.29 is 18.7 Å². The molecule has 2 aliphatic heterocycles. The molecule has 1 saturated heterocycles. The fourth-order valence-electron chi connectivity index (χ4n) is 3.52. The molecule has 2 aliphatic rings. The Bertz CT molecular complexity index is 1000. The van der Waals surface area contributed by atoms with Gasteiger partial charge in [-0.05, 0) is 25.1 Å². The highest BCUT2D eigenvalue weighted by Gasteiger charge is 2.43. The van der Waals surface area contributed by atoms with Crippen LogP contribution in [0.15, 0.2) is 65.7 Å². The lowest BCUT2D eigenvalue weighted by molar-refractivity contribution is -0.148. The quantitative estimate of drug-likeness (QED) is 0.625. The number of hydrogen-bond acceptors (Lipinski definition) is 6. The molecule has 2 unspecified atom stereocenters. The molecule has 0 amide bonds. The molecule has 2 atom stereocenters. The molecule has 2 aromatic carbocycles. The lowest BCUT2D eigenvalue weighted by Crippen LogP contribution is -2.41. The first-order valence-corrected chi connectivity index (χ1v) is 9.43. The van der Waals surface area contributed by atoms with Crippen LogP contribution in [0.2, 0.25) is 0 Å². The van der Waals surface area contributed by atoms with E-state index in [1.807, 2.05) is 6.07 Å². The average Bonchev–Trinajstić information content (AvgIpc) is 3.17. The van der Waals surface area contributed by atoms with Gasteiger partial charge in [0, 0.05) is 17.7 Å². The topological polar surface area (TPSA) is 71.0 Å². The van der Waals surface area contributed by atoms with E-state index in [2.05, 4.69) is 10.4 Å². The number of rotatable bonds is 5. The second-order valence-electron chi connectivity index (χ2n) is 6.75. The largest absolute Gasteiger partial charge is 0.466 e. The van der Waals surface area contributed by atoms with Gasteiger partial charge in [0.05, 0.1) is 12.3 Å². The maximum absolute atomic E-state index is 13.9. The van der Waals surface area contributed by atoms with E-state index in [0.717, 1.165) is 0 Å². The molecule has 0 aromatic heterocycles. The fourth-order valence-corrected chi connectivity index (χ4v) is 3.52. The molecular weight excluding hydrogens is 373 g/mol. The molecule has 0 radical (unpaired) electrons. The minimum Gasteiger partial charge on any atom is -0.466 e. The van der Waals surface area contributed by atoms with Crippen LogP contribution in [0.5, 0.6) is 0 Å². The van der Waals surface area contributed by atoms with Crippen LogP contribution in [0, 0.1) is 11.7 Å². The highest BCUT2D eigenvalue weighted by Crippen LogP contribution is 2.32. The van der Waals surface area contributed by atoms with E-state index in [0.29, 0.717) is 23.4 Å². The number of Topliss-reactive ketones (excluding diaryl/α,β-unsaturated/α-hetero) is 1. The van der Waals surface area contributed by atoms with Crippen LogP contribution in [0.25, 0.3) is 5.70 Å². The first-order valence-electron chi connectivity index (χ1n) is 9.43. The molecule has 4 rings (SSSR count). The van der Waals surface area contributed by atoms with Gasteiger partial charge in [0.15, 0.2) is 6.17 Å². The summed E-state index contributed by atoms with van der Waals surface area (Å²) in [5.41, 5.74) is 5.01. The highest BCUT2D eigenvalue weighted by molar-refractivity contribution is 6.50. The van der Waals surface area contributed by atoms with Crippen LogP contribution < -0.4 is 5.43 Å². The Hall–Kier alpha value is -3.32. The molecule has 148 valence electrons. The molecule has 0 aliphatic carbocycles. The number of allylic oxidation sites excluding steroid dienone is 1. The summed E-state index contributed by atoms with van der Waals surface area (Å²) >= 11 is 0. The first-order chi connectivity index (χ1) is 14.1. The molecule has 0 spiro atoms. The zero-order valence-corrected chi connectivity index (χ0v) is 15.8. The van der Waals surface area contributed by atoms with Crippen molar-refractivity contribution in [2.45, 2.75) is 13.1 Å². The van der Waals surface area contributed by atoms with Crippen molar-refractivity contribution in [2.24, 2.45) is 10.9 Å². The number of esters is 1. The monoisotopic (exact) mass is 393 g/mol. The molecule has 0 bridgehead atoms. The van der Waals surface area contributed by atoms with Crippen LogP contribution in [0.1, 0.15) is 22.8 Å². The van der Waals surface area contributed by atoms with E-state index in [4.69, 9.17) is 4.74 Å². The van der Waals surface area contributed by atoms with Gasteiger partial charge in [-0.15, -0.1) is 0 Å². The minimum absolute atomic E-state index is 0.217. The van der Waals surface area contributed by atoms with E-state index in [1.165, 1.54) is 12.1 Å². The summed E-state index contributed by atoms with van der Waals surface area (Å²) in [5.74, 6) is -1.61. The van der Waals surface area contributed by atoms with E-state index in [-0.39, 0.29) is 29.9 Å². The number of ketones is 1. The number of nitrogens with one attached hydrogen (secondary N) is 1. The SMILES string of the molecule is CCOC(=O)C1CNN2C(c3cccc(F)c3)=CC(C(=O)c3ccccc3)=NC12. The predicted octanol–water partition coefficient (Wildman–Crippen LogP) is 2.83. The van der Waals surface area contributed by atoms with E-state index in [1.54, 1.807) is 54.4 Å². The van der Waals surface area contributed by atoms with Crippen molar-refractivity contribution in [1.82, 2.24) is 10.4 Å². The highest BCUT2D eigenvalue weighted by atomic mass is 19.1. The fraction of sp³-hybridized carbons (Fsp3) is 0.227. The number of aliphatic imine (C=N–C) groups is 1. The van der Waals surface area contributed by atoms with Crippen LogP contribution >= 0.6 is 0 Å². The maximum Gasteiger partial charge on any atom is 0.314 e. The van der Waals surface area contributed by atoms with E-state index < -0.39 is 12.1 Å². The minimum atomic E-state index is -0.653. The summed E-state index contributed by atoms with van der Waals surface area (Å²) in [6.45, 7) is 2.31. The van der Waals surface area contributed by atoms with Crippen molar-refractivity contribution in [1.29, 1.82) is 0 Å². The number of nitrogens with zero attached hydrogens (tertiary/aromatic N) is 2. The number of ether oxygens (including phenoxy) is 1. The van der Waals surface area contributed by atoms with Crippen molar-refractivity contribution >= 4 is 23.2 Å². The second-order valence-corrected chi connectivity index (χ2v) is 6.75. The van der Waals surface area contributed by atoms with Gasteiger partial charge in [-0.1, -0.05) is 42.5 Å². The lowest BCUT2D eigenvalue weighted by Gasteiger charge is -2.31. The van der Waals surface area contributed by atoms with Gasteiger partial charge in [0.2, 0.25) is 5.78 Å². The zero-order chi connectivity index (χ0) is 20.4. The molecule has 1 N–H and O–H groups in total. The zero-order valence-electron chi connectivity index (χ0n) is 15.8. The van der Waals surface area contributed by atoms with Gasteiger partial charge >= 0.3 is 5.97 Å². The molecule has 0 saturated carbocycles. The van der Waals surface area contributed by atoms with Crippen molar-refractivity contribution in [3.05, 3.63) is 77.6 Å². The molecule has 6 nitrogen and oxygen atoms in total. The van der Waals surface area contributed by atoms with E-state index >= 15 is 0 Å². The summed E-state index contributed by atoms with van der Waals surface area (Å²) in [6.07, 6.45) is 0.973. The third kappa shape index (κ3) is 3.69. The first kappa shape index (κ1) is 19.0. The van der Waals surface area contributed by atoms with Crippen molar-refractivity contribution in [3.63, 3.8) is 0 Å². The summed E-state index contributed by atoms with van der Waals surface area (Å²) in [4.78, 5) is 30.0. The number of benzene rings is 2. The van der Waals surface area contributed by atoms with Crippen LogP contribution in [-0.2, 0) is 9.53 Å². The number of carbonyl (C=O) groups excluding carboxylic acids is 2. The van der Waals surface area contributed by atoms with Gasteiger partial charge in [-0.25, -0.2) is 9.82 Å². The van der Waals surface area contributed by atoms with Gasteiger partial charge in [-0.2, -0.15) is 0 Å². The average molecular weight is 393 g/mol. The number of carbonyl (C=O) groups is 2. The third-order valence-electron chi connectivity index (χ3n) is 4.89. The van der Waals surface area contributed by atoms with Gasteiger partial charge < -0.3 is 4.74 Å². The molecular formula is C22H20FN3O3. The predicted molar refractivity (Wildman–Crippen MR) is 106 cm³/mol. The third-order valence-corrected chi connectivity index (χ3v) is 4.89. The Kier molecular flexibility index (Phi) is 5.22. The van der Waals surface area contributed by atoms with Crippen LogP contribution in [0.3, 0.4) is 0 Å². The van der Waals surface area contributed by atoms with Gasteiger partial charge in [0.25, 0.3) is 0 Å². The summed E-state index contributed by atoms with van der Waals surface area (Å²) in [5, 5.41) is 1.71. The van der Waals surface area contributed by atoms with Crippen molar-refractivity contribution in [3.8, 4) is 0 Å². The lowest BCUT2D eigenvalue weighted by atomic mass is 9.99. The van der Waals surface area contributed by atoms with Crippen molar-refractivity contribution in [2.75, 3.05) is 13.2 Å². The number of halogens is 1. The number of fused-ring (bicyclic) bond motifs is 1. The second kappa shape index (κ2) is 7.97. The van der Waals surface area contributed by atoms with Gasteiger partial charge in [-0.3, -0.25) is 19.6 Å². The maximum atomic E-state index is 13.9. The Morgan fingerprint density at radius 2 is 2.00 bits per heavy atom. The standard InChI is InChI=1S/C22H20FN3O3/c1-2-29-22(28)17-13-24-26-19(15-9-6-10-16(23)11-15)12-18(25-21(17)26)20(27)14-7-4-3-5-8-14/h3-12,17,21,24H,2,13H2,1H3. The molecule has 29 heavy (non-hydrogen) atoms. The number of hydrazine groups is 1. The molecule has 7 heteroatoms. The van der Waals surface area contributed by atoms with Crippen LogP contribution in [-0.4, -0.2) is 41.8 Å². The normalized spacial score (nSPS) is 20.6. The summed E-state index contributed by atoms with van der Waals surface area (Å²) < 4.78 is 19.0. The van der Waals surface area contributed by atoms with Gasteiger partial charge in [0.1, 0.15) is 17.4 Å². The molecule has 2 aromatic rings. The Labute approximate surface area is 167 Å². The molecule has 2 heterocycles. The smallest absolute Gasteiger partial charge is 0.314 e. The number of hydrogen-bond donors (Lipinski definition) is 1. The van der Waals surface area contributed by atoms with Crippen LogP contribution in [0.4, 0.5) is 4.39 Å². The summed E-state index contributed by atoms with van der Waals surface area (Å²) in [6, 6.07) is 14.9. The Morgan fingerprint density at radius 1 is 1.21 bits per heavy atom.